The molecule has 1 N–H and O–H groups in total. The number of piperazine rings is 1. The van der Waals surface area contributed by atoms with Gasteiger partial charge in [0.05, 0.1) is 6.42 Å². The SMILES string of the molecule is CCC(=O)c1ccc2c(c1)CC(=O)N2CC(=O)N1CCNCC1. The van der Waals surface area contributed by atoms with E-state index in [0.29, 0.717) is 25.1 Å². The van der Waals surface area contributed by atoms with Gasteiger partial charge in [0.25, 0.3) is 0 Å². The van der Waals surface area contributed by atoms with E-state index in [4.69, 9.17) is 0 Å². The first-order chi connectivity index (χ1) is 11.1. The standard InChI is InChI=1S/C17H21N3O3/c1-2-15(21)12-3-4-14-13(9-12)10-16(22)20(14)11-17(23)19-7-5-18-6-8-19/h3-4,9,18H,2,5-8,10-11H2,1H3. The summed E-state index contributed by atoms with van der Waals surface area (Å²) in [5.74, 6) is -0.0402. The van der Waals surface area contributed by atoms with Crippen LogP contribution in [0.3, 0.4) is 0 Å². The van der Waals surface area contributed by atoms with Gasteiger partial charge in [-0.05, 0) is 23.8 Å². The Hall–Kier alpha value is -2.21. The lowest BCUT2D eigenvalue weighted by Crippen LogP contribution is -2.50. The molecule has 6 nitrogen and oxygen atoms in total. The monoisotopic (exact) mass is 315 g/mol. The van der Waals surface area contributed by atoms with Crippen molar-refractivity contribution in [3.8, 4) is 0 Å². The number of Topliss-reactive ketones (excluding diaryl/α,β-unsaturated/α-hetero) is 1. The minimum absolute atomic E-state index is 0.0265. The molecule has 0 radical (unpaired) electrons. The molecule has 2 aliphatic rings. The van der Waals surface area contributed by atoms with Gasteiger partial charge >= 0.3 is 0 Å². The normalized spacial score (nSPS) is 17.3. The van der Waals surface area contributed by atoms with Crippen molar-refractivity contribution >= 4 is 23.3 Å². The Kier molecular flexibility index (Phi) is 4.43. The average Bonchev–Trinajstić information content (AvgIpc) is 2.89. The number of hydrogen-bond acceptors (Lipinski definition) is 4. The number of fused-ring (bicyclic) bond motifs is 1. The summed E-state index contributed by atoms with van der Waals surface area (Å²) in [5.41, 5.74) is 2.22. The van der Waals surface area contributed by atoms with Crippen molar-refractivity contribution in [3.05, 3.63) is 29.3 Å². The van der Waals surface area contributed by atoms with E-state index < -0.39 is 0 Å². The lowest BCUT2D eigenvalue weighted by atomic mass is 10.0. The van der Waals surface area contributed by atoms with Crippen LogP contribution in [0, 0.1) is 0 Å². The van der Waals surface area contributed by atoms with Crippen LogP contribution in [0.4, 0.5) is 5.69 Å². The summed E-state index contributed by atoms with van der Waals surface area (Å²) in [5, 5.41) is 3.20. The third-order valence-corrected chi connectivity index (χ3v) is 4.42. The summed E-state index contributed by atoms with van der Waals surface area (Å²) in [4.78, 5) is 39.8. The molecule has 2 aliphatic heterocycles. The first-order valence-electron chi connectivity index (χ1n) is 8.05. The van der Waals surface area contributed by atoms with Gasteiger partial charge < -0.3 is 15.1 Å². The minimum Gasteiger partial charge on any atom is -0.339 e. The van der Waals surface area contributed by atoms with E-state index in [1.807, 2.05) is 6.92 Å². The van der Waals surface area contributed by atoms with Crippen molar-refractivity contribution in [3.63, 3.8) is 0 Å². The van der Waals surface area contributed by atoms with Crippen LogP contribution in [0.2, 0.25) is 0 Å². The van der Waals surface area contributed by atoms with Crippen LogP contribution in [-0.4, -0.2) is 55.2 Å². The zero-order chi connectivity index (χ0) is 16.4. The molecule has 1 aromatic carbocycles. The average molecular weight is 315 g/mol. The van der Waals surface area contributed by atoms with Crippen molar-refractivity contribution < 1.29 is 14.4 Å². The number of ketones is 1. The van der Waals surface area contributed by atoms with Gasteiger partial charge in [0, 0.05) is 43.9 Å². The highest BCUT2D eigenvalue weighted by molar-refractivity contribution is 6.06. The van der Waals surface area contributed by atoms with Crippen molar-refractivity contribution in [2.45, 2.75) is 19.8 Å². The zero-order valence-electron chi connectivity index (χ0n) is 13.3. The maximum Gasteiger partial charge on any atom is 0.242 e. The van der Waals surface area contributed by atoms with Gasteiger partial charge in [-0.15, -0.1) is 0 Å². The van der Waals surface area contributed by atoms with Crippen molar-refractivity contribution in [2.75, 3.05) is 37.6 Å². The Labute approximate surface area is 135 Å². The van der Waals surface area contributed by atoms with E-state index in [9.17, 15) is 14.4 Å². The van der Waals surface area contributed by atoms with E-state index in [0.717, 1.165) is 24.3 Å². The minimum atomic E-state index is -0.0791. The van der Waals surface area contributed by atoms with Gasteiger partial charge in [0.15, 0.2) is 5.78 Å². The molecule has 1 aromatic rings. The van der Waals surface area contributed by atoms with Crippen molar-refractivity contribution in [1.29, 1.82) is 0 Å². The van der Waals surface area contributed by atoms with Crippen LogP contribution >= 0.6 is 0 Å². The highest BCUT2D eigenvalue weighted by Crippen LogP contribution is 2.30. The third-order valence-electron chi connectivity index (χ3n) is 4.42. The molecule has 122 valence electrons. The molecule has 0 unspecified atom stereocenters. The van der Waals surface area contributed by atoms with E-state index in [-0.39, 0.29) is 30.6 Å². The molecule has 1 fully saturated rings. The van der Waals surface area contributed by atoms with Crippen LogP contribution in [0.5, 0.6) is 0 Å². The lowest BCUT2D eigenvalue weighted by molar-refractivity contribution is -0.131. The van der Waals surface area contributed by atoms with E-state index >= 15 is 0 Å². The van der Waals surface area contributed by atoms with Crippen LogP contribution in [0.1, 0.15) is 29.3 Å². The van der Waals surface area contributed by atoms with Crippen molar-refractivity contribution in [1.82, 2.24) is 10.2 Å². The fraction of sp³-hybridized carbons (Fsp3) is 0.471. The van der Waals surface area contributed by atoms with Crippen LogP contribution in [0.15, 0.2) is 18.2 Å². The number of carbonyl (C=O) groups is 3. The summed E-state index contributed by atoms with van der Waals surface area (Å²) < 4.78 is 0. The first-order valence-corrected chi connectivity index (χ1v) is 8.05. The van der Waals surface area contributed by atoms with Gasteiger partial charge in [-0.1, -0.05) is 6.92 Å². The van der Waals surface area contributed by atoms with Crippen LogP contribution in [-0.2, 0) is 16.0 Å². The Balaban J connectivity index is 1.76. The van der Waals surface area contributed by atoms with Gasteiger partial charge in [0.2, 0.25) is 11.8 Å². The molecule has 6 heteroatoms. The molecule has 2 amide bonds. The second-order valence-electron chi connectivity index (χ2n) is 5.91. The Morgan fingerprint density at radius 2 is 1.96 bits per heavy atom. The summed E-state index contributed by atoms with van der Waals surface area (Å²) in [6, 6.07) is 5.31. The Morgan fingerprint density at radius 1 is 1.22 bits per heavy atom. The molecule has 0 aromatic heterocycles. The number of carbonyl (C=O) groups excluding carboxylic acids is 3. The highest BCUT2D eigenvalue weighted by atomic mass is 16.2. The van der Waals surface area contributed by atoms with Gasteiger partial charge in [0.1, 0.15) is 6.54 Å². The number of nitrogens with one attached hydrogen (secondary N) is 1. The predicted molar refractivity (Wildman–Crippen MR) is 86.6 cm³/mol. The van der Waals surface area contributed by atoms with E-state index in [1.165, 1.54) is 0 Å². The second-order valence-corrected chi connectivity index (χ2v) is 5.91. The molecule has 0 aliphatic carbocycles. The second kappa shape index (κ2) is 6.50. The smallest absolute Gasteiger partial charge is 0.242 e. The maximum absolute atomic E-state index is 12.4. The Morgan fingerprint density at radius 3 is 2.65 bits per heavy atom. The molecule has 0 spiro atoms. The largest absolute Gasteiger partial charge is 0.339 e. The fourth-order valence-corrected chi connectivity index (χ4v) is 3.08. The molecule has 2 heterocycles. The summed E-state index contributed by atoms with van der Waals surface area (Å²) in [6.07, 6.45) is 0.701. The summed E-state index contributed by atoms with van der Waals surface area (Å²) in [7, 11) is 0. The molecule has 1 saturated heterocycles. The third kappa shape index (κ3) is 3.12. The van der Waals surface area contributed by atoms with E-state index in [2.05, 4.69) is 5.32 Å². The van der Waals surface area contributed by atoms with Gasteiger partial charge in [-0.3, -0.25) is 14.4 Å². The molecule has 23 heavy (non-hydrogen) atoms. The number of rotatable bonds is 4. The Bertz CT molecular complexity index is 650. The molecule has 0 saturated carbocycles. The van der Waals surface area contributed by atoms with Crippen LogP contribution in [0.25, 0.3) is 0 Å². The molecule has 3 rings (SSSR count). The van der Waals surface area contributed by atoms with Crippen molar-refractivity contribution in [2.24, 2.45) is 0 Å². The summed E-state index contributed by atoms with van der Waals surface area (Å²) in [6.45, 7) is 4.83. The highest BCUT2D eigenvalue weighted by Gasteiger charge is 2.31. The number of hydrogen-bond donors (Lipinski definition) is 1. The molecular weight excluding hydrogens is 294 g/mol. The van der Waals surface area contributed by atoms with Crippen LogP contribution < -0.4 is 10.2 Å². The molecule has 0 atom stereocenters. The number of benzene rings is 1. The topological polar surface area (TPSA) is 69.7 Å². The van der Waals surface area contributed by atoms with Gasteiger partial charge in [-0.25, -0.2) is 0 Å². The number of nitrogens with zero attached hydrogens (tertiary/aromatic N) is 2. The predicted octanol–water partition coefficient (Wildman–Crippen LogP) is 0.600. The molecule has 0 bridgehead atoms. The first kappa shape index (κ1) is 15.7. The molecular formula is C17H21N3O3. The number of amides is 2. The summed E-state index contributed by atoms with van der Waals surface area (Å²) >= 11 is 0. The van der Waals surface area contributed by atoms with E-state index in [1.54, 1.807) is 28.0 Å². The van der Waals surface area contributed by atoms with Gasteiger partial charge in [-0.2, -0.15) is 0 Å². The maximum atomic E-state index is 12.4. The quantitative estimate of drug-likeness (QED) is 0.826. The lowest BCUT2D eigenvalue weighted by Gasteiger charge is -2.29. The fourth-order valence-electron chi connectivity index (χ4n) is 3.08. The number of anilines is 1. The zero-order valence-corrected chi connectivity index (χ0v) is 13.3.